The van der Waals surface area contributed by atoms with Gasteiger partial charge in [-0.15, -0.1) is 0 Å². The van der Waals surface area contributed by atoms with Gasteiger partial charge < -0.3 is 15.4 Å². The van der Waals surface area contributed by atoms with Gasteiger partial charge in [-0.05, 0) is 36.2 Å². The van der Waals surface area contributed by atoms with Gasteiger partial charge in [-0.1, -0.05) is 78.0 Å². The molecule has 0 unspecified atom stereocenters. The molecule has 202 valence electrons. The van der Waals surface area contributed by atoms with Crippen LogP contribution in [-0.2, 0) is 20.9 Å². The molecule has 1 aliphatic rings. The number of dihydropyridines is 1. The average molecular weight is 575 g/mol. The number of nitro benzene ring substituents is 1. The van der Waals surface area contributed by atoms with Crippen LogP contribution in [0.2, 0.25) is 5.02 Å². The predicted molar refractivity (Wildman–Crippen MR) is 153 cm³/mol. The Morgan fingerprint density at radius 1 is 1.10 bits per heavy atom. The molecule has 0 saturated carbocycles. The first kappa shape index (κ1) is 28.4. The highest BCUT2D eigenvalue weighted by Crippen LogP contribution is 2.41. The maximum absolute atomic E-state index is 13.4. The molecule has 0 radical (unpaired) electrons. The number of benzene rings is 3. The van der Waals surface area contributed by atoms with E-state index in [0.29, 0.717) is 21.3 Å². The van der Waals surface area contributed by atoms with Crippen molar-refractivity contribution in [3.8, 4) is 6.07 Å². The highest BCUT2D eigenvalue weighted by atomic mass is 35.5. The smallest absolute Gasteiger partial charge is 0.337 e. The van der Waals surface area contributed by atoms with Gasteiger partial charge in [-0.3, -0.25) is 14.9 Å². The SMILES string of the molecule is CC1=C(C(=O)OCc2ccccc2)[C@H](c2ccc(Cl)cc2)C(C#N)=C(SCC(=O)Nc2ccccc2[N+](=O)[O-])N1. The number of anilines is 1. The van der Waals surface area contributed by atoms with Crippen molar-refractivity contribution in [3.05, 3.63) is 127 Å². The first-order valence-corrected chi connectivity index (χ1v) is 13.4. The number of allylic oxidation sites excluding steroid dienone is 2. The van der Waals surface area contributed by atoms with E-state index in [-0.39, 0.29) is 34.9 Å². The number of nitrogens with zero attached hydrogens (tertiary/aromatic N) is 2. The molecule has 0 aromatic heterocycles. The van der Waals surface area contributed by atoms with Crippen molar-refractivity contribution in [3.63, 3.8) is 0 Å². The van der Waals surface area contributed by atoms with Crippen molar-refractivity contribution < 1.29 is 19.2 Å². The summed E-state index contributed by atoms with van der Waals surface area (Å²) in [5.74, 6) is -2.00. The first-order chi connectivity index (χ1) is 19.3. The van der Waals surface area contributed by atoms with E-state index in [1.165, 1.54) is 18.2 Å². The zero-order valence-corrected chi connectivity index (χ0v) is 22.8. The summed E-state index contributed by atoms with van der Waals surface area (Å²) in [6, 6.07) is 24.1. The highest BCUT2D eigenvalue weighted by molar-refractivity contribution is 8.03. The van der Waals surface area contributed by atoms with E-state index in [2.05, 4.69) is 16.7 Å². The van der Waals surface area contributed by atoms with Crippen molar-refractivity contribution in [2.75, 3.05) is 11.1 Å². The number of nitro groups is 1. The number of carbonyl (C=O) groups excluding carboxylic acids is 2. The van der Waals surface area contributed by atoms with E-state index in [1.807, 2.05) is 30.3 Å². The number of hydrogen-bond acceptors (Lipinski definition) is 8. The molecule has 0 fully saturated rings. The van der Waals surface area contributed by atoms with E-state index in [9.17, 15) is 25.0 Å². The Morgan fingerprint density at radius 2 is 1.77 bits per heavy atom. The van der Waals surface area contributed by atoms with Crippen LogP contribution in [0.15, 0.2) is 101 Å². The Labute approximate surface area is 239 Å². The number of amides is 1. The molecule has 2 N–H and O–H groups in total. The number of thioether (sulfide) groups is 1. The molecule has 0 saturated heterocycles. The lowest BCUT2D eigenvalue weighted by molar-refractivity contribution is -0.383. The fourth-order valence-electron chi connectivity index (χ4n) is 4.15. The number of hydrogen-bond donors (Lipinski definition) is 2. The minimum absolute atomic E-state index is 0.0583. The summed E-state index contributed by atoms with van der Waals surface area (Å²) in [5, 5.41) is 28.0. The summed E-state index contributed by atoms with van der Waals surface area (Å²) in [6.45, 7) is 1.76. The number of nitrogens with one attached hydrogen (secondary N) is 2. The molecule has 4 rings (SSSR count). The minimum Gasteiger partial charge on any atom is -0.457 e. The standard InChI is InChI=1S/C29H23ClN4O5S/c1-18-26(29(36)39-16-19-7-3-2-4-8-19)27(20-11-13-21(30)14-12-20)22(15-31)28(32-18)40-17-25(35)33-23-9-5-6-10-24(23)34(37)38/h2-14,27,32H,16-17H2,1H3,(H,33,35)/t27-/m1/s1. The second-order valence-electron chi connectivity index (χ2n) is 8.68. The molecule has 1 aliphatic heterocycles. The average Bonchev–Trinajstić information content (AvgIpc) is 2.95. The van der Waals surface area contributed by atoms with E-state index in [0.717, 1.165) is 17.3 Å². The molecule has 0 spiro atoms. The third-order valence-corrected chi connectivity index (χ3v) is 7.28. The number of ether oxygens (including phenoxy) is 1. The fraction of sp³-hybridized carbons (Fsp3) is 0.138. The van der Waals surface area contributed by atoms with E-state index in [4.69, 9.17) is 16.3 Å². The molecule has 1 atom stereocenters. The van der Waals surface area contributed by atoms with Crippen LogP contribution in [0.5, 0.6) is 0 Å². The van der Waals surface area contributed by atoms with Gasteiger partial charge in [0, 0.05) is 16.8 Å². The van der Waals surface area contributed by atoms with Crippen LogP contribution in [0.1, 0.15) is 24.0 Å². The van der Waals surface area contributed by atoms with E-state index in [1.54, 1.807) is 37.3 Å². The molecular formula is C29H23ClN4O5S. The number of nitriles is 1. The summed E-state index contributed by atoms with van der Waals surface area (Å²) in [7, 11) is 0. The first-order valence-electron chi connectivity index (χ1n) is 12.0. The van der Waals surface area contributed by atoms with Gasteiger partial charge in [-0.25, -0.2) is 4.79 Å². The fourth-order valence-corrected chi connectivity index (χ4v) is 5.17. The lowest BCUT2D eigenvalue weighted by Gasteiger charge is -2.29. The molecule has 40 heavy (non-hydrogen) atoms. The van der Waals surface area contributed by atoms with Crippen LogP contribution in [0.4, 0.5) is 11.4 Å². The number of halogens is 1. The van der Waals surface area contributed by atoms with Crippen molar-refractivity contribution in [2.45, 2.75) is 19.4 Å². The third-order valence-electron chi connectivity index (χ3n) is 6.01. The zero-order chi connectivity index (χ0) is 28.6. The maximum atomic E-state index is 13.4. The lowest BCUT2D eigenvalue weighted by Crippen LogP contribution is -2.29. The molecule has 1 amide bonds. The number of rotatable bonds is 9. The highest BCUT2D eigenvalue weighted by Gasteiger charge is 2.35. The van der Waals surface area contributed by atoms with Crippen LogP contribution in [0.25, 0.3) is 0 Å². The largest absolute Gasteiger partial charge is 0.457 e. The zero-order valence-electron chi connectivity index (χ0n) is 21.2. The lowest BCUT2D eigenvalue weighted by atomic mass is 9.82. The van der Waals surface area contributed by atoms with Gasteiger partial charge in [0.2, 0.25) is 5.91 Å². The summed E-state index contributed by atoms with van der Waals surface area (Å²) < 4.78 is 5.62. The summed E-state index contributed by atoms with van der Waals surface area (Å²) in [5.41, 5.74) is 2.27. The van der Waals surface area contributed by atoms with Crippen molar-refractivity contribution in [2.24, 2.45) is 0 Å². The van der Waals surface area contributed by atoms with Gasteiger partial charge in [0.1, 0.15) is 12.3 Å². The molecule has 9 nitrogen and oxygen atoms in total. The number of carbonyl (C=O) groups is 2. The monoisotopic (exact) mass is 574 g/mol. The Bertz CT molecular complexity index is 1550. The summed E-state index contributed by atoms with van der Waals surface area (Å²) in [6.07, 6.45) is 0. The quantitative estimate of drug-likeness (QED) is 0.179. The van der Waals surface area contributed by atoms with Gasteiger partial charge in [0.25, 0.3) is 5.69 Å². The van der Waals surface area contributed by atoms with Gasteiger partial charge in [-0.2, -0.15) is 5.26 Å². The predicted octanol–water partition coefficient (Wildman–Crippen LogP) is 6.06. The van der Waals surface area contributed by atoms with Crippen molar-refractivity contribution in [1.82, 2.24) is 5.32 Å². The third kappa shape index (κ3) is 6.69. The van der Waals surface area contributed by atoms with Crippen LogP contribution >= 0.6 is 23.4 Å². The number of para-hydroxylation sites is 2. The normalized spacial score (nSPS) is 14.7. The summed E-state index contributed by atoms with van der Waals surface area (Å²) in [4.78, 5) is 36.7. The van der Waals surface area contributed by atoms with Gasteiger partial charge in [0.15, 0.2) is 0 Å². The molecular weight excluding hydrogens is 552 g/mol. The maximum Gasteiger partial charge on any atom is 0.337 e. The number of esters is 1. The van der Waals surface area contributed by atoms with Crippen LogP contribution in [-0.4, -0.2) is 22.6 Å². The molecule has 0 bridgehead atoms. The molecule has 1 heterocycles. The molecule has 3 aromatic carbocycles. The van der Waals surface area contributed by atoms with Gasteiger partial charge >= 0.3 is 5.97 Å². The molecule has 11 heteroatoms. The second-order valence-corrected chi connectivity index (χ2v) is 10.1. The Morgan fingerprint density at radius 3 is 2.45 bits per heavy atom. The Hall–Kier alpha value is -4.59. The van der Waals surface area contributed by atoms with Crippen molar-refractivity contribution in [1.29, 1.82) is 5.26 Å². The van der Waals surface area contributed by atoms with E-state index >= 15 is 0 Å². The van der Waals surface area contributed by atoms with Crippen molar-refractivity contribution >= 4 is 46.6 Å². The Balaban J connectivity index is 1.59. The second kappa shape index (κ2) is 13.0. The topological polar surface area (TPSA) is 134 Å². The summed E-state index contributed by atoms with van der Waals surface area (Å²) >= 11 is 7.15. The van der Waals surface area contributed by atoms with Gasteiger partial charge in [0.05, 0.1) is 38.8 Å². The molecule has 0 aliphatic carbocycles. The molecule has 3 aromatic rings. The van der Waals surface area contributed by atoms with Crippen LogP contribution in [0.3, 0.4) is 0 Å². The van der Waals surface area contributed by atoms with E-state index < -0.39 is 22.7 Å². The minimum atomic E-state index is -0.771. The van der Waals surface area contributed by atoms with Crippen LogP contribution in [0, 0.1) is 21.4 Å². The Kier molecular flexibility index (Phi) is 9.22. The van der Waals surface area contributed by atoms with Crippen LogP contribution < -0.4 is 10.6 Å².